The molecule has 4 aromatic heterocycles. The van der Waals surface area contributed by atoms with Gasteiger partial charge in [0.15, 0.2) is 5.82 Å². The quantitative estimate of drug-likeness (QED) is 0.195. The Kier molecular flexibility index (Phi) is 6.84. The molecule has 0 spiro atoms. The molecule has 11 nitrogen and oxygen atoms in total. The van der Waals surface area contributed by atoms with Crippen molar-refractivity contribution in [3.8, 4) is 28.5 Å². The third-order valence-corrected chi connectivity index (χ3v) is 10.8. The van der Waals surface area contributed by atoms with Crippen LogP contribution in [0.4, 0.5) is 0 Å². The molecule has 9 rings (SSSR count). The molecular weight excluding hydrogens is 618 g/mol. The number of aryl methyl sites for hydroxylation is 1. The topological polar surface area (TPSA) is 133 Å². The van der Waals surface area contributed by atoms with Crippen LogP contribution in [-0.2, 0) is 18.3 Å². The van der Waals surface area contributed by atoms with Crippen molar-refractivity contribution in [2.45, 2.75) is 51.2 Å². The second kappa shape index (κ2) is 11.2. The molecule has 3 atom stereocenters. The average molecular weight is 658 g/mol. The summed E-state index contributed by atoms with van der Waals surface area (Å²) < 4.78 is 15.4. The number of aromatic nitrogens is 5. The van der Waals surface area contributed by atoms with E-state index in [4.69, 9.17) is 25.2 Å². The van der Waals surface area contributed by atoms with Crippen LogP contribution in [0.25, 0.3) is 55.7 Å². The number of carbonyl (C=O) groups excluding carboxylic acids is 2. The summed E-state index contributed by atoms with van der Waals surface area (Å²) in [4.78, 5) is 41.6. The van der Waals surface area contributed by atoms with Gasteiger partial charge >= 0.3 is 5.97 Å². The first-order valence-corrected chi connectivity index (χ1v) is 17.2. The zero-order chi connectivity index (χ0) is 33.6. The number of imidazole rings is 1. The summed E-state index contributed by atoms with van der Waals surface area (Å²) in [6.45, 7) is 3.68. The Morgan fingerprint density at radius 2 is 1.86 bits per heavy atom. The van der Waals surface area contributed by atoms with Crippen molar-refractivity contribution in [3.05, 3.63) is 65.9 Å². The maximum Gasteiger partial charge on any atom is 0.354 e. The van der Waals surface area contributed by atoms with Crippen LogP contribution < -0.4 is 10.5 Å². The molecule has 1 saturated heterocycles. The molecule has 3 fully saturated rings. The molecule has 2 bridgehead atoms. The van der Waals surface area contributed by atoms with Gasteiger partial charge in [-0.3, -0.25) is 4.79 Å². The van der Waals surface area contributed by atoms with Gasteiger partial charge in [-0.1, -0.05) is 6.07 Å². The number of methoxy groups -OCH3 is 1. The molecule has 11 heteroatoms. The largest absolute Gasteiger partial charge is 0.494 e. The van der Waals surface area contributed by atoms with Gasteiger partial charge in [0, 0.05) is 59.6 Å². The number of fused-ring (bicyclic) bond motifs is 5. The van der Waals surface area contributed by atoms with E-state index >= 15 is 0 Å². The zero-order valence-electron chi connectivity index (χ0n) is 27.9. The molecule has 2 aromatic carbocycles. The third-order valence-electron chi connectivity index (χ3n) is 10.8. The summed E-state index contributed by atoms with van der Waals surface area (Å²) in [5.41, 5.74) is 13.5. The first-order valence-electron chi connectivity index (χ1n) is 17.2. The van der Waals surface area contributed by atoms with Crippen molar-refractivity contribution in [3.63, 3.8) is 0 Å². The lowest BCUT2D eigenvalue weighted by molar-refractivity contribution is 0.0520. The predicted molar refractivity (Wildman–Crippen MR) is 187 cm³/mol. The number of likely N-dealkylation sites (tertiary alicyclic amines) is 1. The minimum atomic E-state index is -0.365. The van der Waals surface area contributed by atoms with Gasteiger partial charge in [-0.2, -0.15) is 0 Å². The van der Waals surface area contributed by atoms with E-state index in [1.165, 1.54) is 12.8 Å². The number of rotatable bonds is 8. The first-order chi connectivity index (χ1) is 23.8. The minimum Gasteiger partial charge on any atom is -0.494 e. The summed E-state index contributed by atoms with van der Waals surface area (Å²) in [5, 5.41) is 1.95. The number of nitrogens with one attached hydrogen (secondary N) is 1. The highest BCUT2D eigenvalue weighted by Gasteiger charge is 2.47. The van der Waals surface area contributed by atoms with E-state index in [2.05, 4.69) is 32.3 Å². The summed E-state index contributed by atoms with van der Waals surface area (Å²) in [5.74, 6) is 2.00. The standard InChI is InChI=1S/C38H39N7O4/c1-4-49-38(47)29-14-24-13-21(7-10-27(24)40-29)26-11-8-22-16-31(44(35(22)41-26)18-20-5-6-20)36-42-28-15-25(17-32(48-3)34(28)43(36)2)37(46)45-19-23-9-12-30(45)33(23)39/h7-8,10-11,13-17,20,23,30,33,40H,4-6,9,12,18-19,39H2,1-3H3/t23?,30?,33-/m1/s1. The maximum absolute atomic E-state index is 13.8. The monoisotopic (exact) mass is 657 g/mol. The van der Waals surface area contributed by atoms with E-state index in [1.807, 2.05) is 48.3 Å². The molecule has 5 heterocycles. The number of benzene rings is 2. The van der Waals surface area contributed by atoms with Crippen LogP contribution in [0.2, 0.25) is 0 Å². The van der Waals surface area contributed by atoms with Crippen molar-refractivity contribution in [1.82, 2.24) is 29.0 Å². The summed E-state index contributed by atoms with van der Waals surface area (Å²) in [6, 6.07) is 18.1. The van der Waals surface area contributed by atoms with E-state index in [-0.39, 0.29) is 24.0 Å². The van der Waals surface area contributed by atoms with Gasteiger partial charge in [0.25, 0.3) is 5.91 Å². The number of aromatic amines is 1. The van der Waals surface area contributed by atoms with E-state index in [9.17, 15) is 9.59 Å². The van der Waals surface area contributed by atoms with Gasteiger partial charge in [-0.15, -0.1) is 0 Å². The van der Waals surface area contributed by atoms with Crippen LogP contribution in [0, 0.1) is 11.8 Å². The zero-order valence-corrected chi connectivity index (χ0v) is 27.9. The van der Waals surface area contributed by atoms with Crippen LogP contribution >= 0.6 is 0 Å². The molecule has 49 heavy (non-hydrogen) atoms. The Morgan fingerprint density at radius 3 is 2.59 bits per heavy atom. The lowest BCUT2D eigenvalue weighted by Gasteiger charge is -2.27. The Hall–Kier alpha value is -5.16. The van der Waals surface area contributed by atoms with E-state index in [1.54, 1.807) is 14.0 Å². The molecule has 2 unspecified atom stereocenters. The molecule has 2 aliphatic carbocycles. The lowest BCUT2D eigenvalue weighted by atomic mass is 10.1. The number of hydrogen-bond acceptors (Lipinski definition) is 7. The number of nitrogens with two attached hydrogens (primary N) is 1. The van der Waals surface area contributed by atoms with Gasteiger partial charge in [0.05, 0.1) is 30.6 Å². The van der Waals surface area contributed by atoms with Crippen molar-refractivity contribution in [2.24, 2.45) is 24.6 Å². The van der Waals surface area contributed by atoms with Gasteiger partial charge < -0.3 is 34.2 Å². The Morgan fingerprint density at radius 1 is 1.00 bits per heavy atom. The number of amides is 1. The summed E-state index contributed by atoms with van der Waals surface area (Å²) >= 11 is 0. The van der Waals surface area contributed by atoms with Gasteiger partial charge in [-0.05, 0) is 93.0 Å². The summed E-state index contributed by atoms with van der Waals surface area (Å²) in [6.07, 6.45) is 4.43. The number of nitrogens with zero attached hydrogens (tertiary/aromatic N) is 5. The van der Waals surface area contributed by atoms with Gasteiger partial charge in [0.2, 0.25) is 0 Å². The number of ether oxygens (including phenoxy) is 2. The number of H-pyrrole nitrogens is 1. The van der Waals surface area contributed by atoms with Gasteiger partial charge in [0.1, 0.15) is 22.6 Å². The van der Waals surface area contributed by atoms with Crippen molar-refractivity contribution >= 4 is 44.8 Å². The van der Waals surface area contributed by atoms with Crippen LogP contribution in [0.15, 0.2) is 54.6 Å². The molecular formula is C38H39N7O4. The van der Waals surface area contributed by atoms with E-state index in [0.717, 1.165) is 69.6 Å². The SMILES string of the molecule is CCOC(=O)c1cc2cc(-c3ccc4cc(-c5nc6cc(C(=O)N7CC8CCC7[C@@H]8N)cc(OC)c6n5C)n(CC5CC5)c4n3)ccc2[nH]1. The number of esters is 1. The van der Waals surface area contributed by atoms with Crippen molar-refractivity contribution < 1.29 is 19.1 Å². The Labute approximate surface area is 283 Å². The fourth-order valence-corrected chi connectivity index (χ4v) is 8.09. The number of piperidine rings is 1. The Balaban J connectivity index is 1.12. The molecule has 250 valence electrons. The smallest absolute Gasteiger partial charge is 0.354 e. The molecule has 6 aromatic rings. The molecule has 0 radical (unpaired) electrons. The first kappa shape index (κ1) is 29.9. The molecule has 3 N–H and O–H groups in total. The van der Waals surface area contributed by atoms with Crippen molar-refractivity contribution in [1.29, 1.82) is 0 Å². The van der Waals surface area contributed by atoms with Crippen LogP contribution in [0.5, 0.6) is 5.75 Å². The second-order valence-corrected chi connectivity index (χ2v) is 13.9. The highest BCUT2D eigenvalue weighted by atomic mass is 16.5. The number of carbonyl (C=O) groups is 2. The molecule has 3 aliphatic rings. The molecule has 2 saturated carbocycles. The van der Waals surface area contributed by atoms with Crippen LogP contribution in [-0.4, -0.2) is 73.2 Å². The van der Waals surface area contributed by atoms with E-state index < -0.39 is 0 Å². The molecule has 1 aliphatic heterocycles. The fourth-order valence-electron chi connectivity index (χ4n) is 8.09. The van der Waals surface area contributed by atoms with Crippen LogP contribution in [0.1, 0.15) is 53.5 Å². The van der Waals surface area contributed by atoms with Gasteiger partial charge in [-0.25, -0.2) is 14.8 Å². The normalized spacial score (nSPS) is 20.2. The highest BCUT2D eigenvalue weighted by molar-refractivity contribution is 6.01. The minimum absolute atomic E-state index is 0.00966. The number of hydrogen-bond donors (Lipinski definition) is 2. The number of pyridine rings is 1. The highest BCUT2D eigenvalue weighted by Crippen LogP contribution is 2.40. The molecule has 1 amide bonds. The van der Waals surface area contributed by atoms with Crippen LogP contribution in [0.3, 0.4) is 0 Å². The van der Waals surface area contributed by atoms with Crippen molar-refractivity contribution in [2.75, 3.05) is 20.3 Å². The lowest BCUT2D eigenvalue weighted by Crippen LogP contribution is -2.41. The Bertz CT molecular complexity index is 2310. The average Bonchev–Trinajstić information content (AvgIpc) is 3.36. The predicted octanol–water partition coefficient (Wildman–Crippen LogP) is 5.90. The maximum atomic E-state index is 13.8. The summed E-state index contributed by atoms with van der Waals surface area (Å²) in [7, 11) is 3.64. The fraction of sp³-hybridized carbons (Fsp3) is 0.368. The second-order valence-electron chi connectivity index (χ2n) is 13.9. The third kappa shape index (κ3) is 4.81. The van der Waals surface area contributed by atoms with E-state index in [0.29, 0.717) is 47.5 Å².